The van der Waals surface area contributed by atoms with Crippen molar-refractivity contribution in [3.63, 3.8) is 0 Å². The molecule has 0 unspecified atom stereocenters. The maximum absolute atomic E-state index is 12.7. The van der Waals surface area contributed by atoms with Crippen LogP contribution in [0.1, 0.15) is 34.4 Å². The quantitative estimate of drug-likeness (QED) is 0.712. The Balaban J connectivity index is 1.57. The van der Waals surface area contributed by atoms with Crippen molar-refractivity contribution in [3.8, 4) is 17.1 Å². The molecule has 1 aliphatic rings. The van der Waals surface area contributed by atoms with Gasteiger partial charge in [0.05, 0.1) is 12.0 Å². The summed E-state index contributed by atoms with van der Waals surface area (Å²) in [7, 11) is 1.63. The van der Waals surface area contributed by atoms with Crippen molar-refractivity contribution < 1.29 is 14.1 Å². The van der Waals surface area contributed by atoms with Gasteiger partial charge in [-0.2, -0.15) is 4.98 Å². The van der Waals surface area contributed by atoms with Gasteiger partial charge in [0, 0.05) is 12.1 Å². The topological polar surface area (TPSA) is 68.5 Å². The molecule has 0 aliphatic carbocycles. The van der Waals surface area contributed by atoms with E-state index in [1.165, 1.54) is 11.3 Å². The van der Waals surface area contributed by atoms with Gasteiger partial charge in [-0.25, -0.2) is 0 Å². The number of carbonyl (C=O) groups is 1. The molecule has 3 aromatic rings. The molecule has 0 saturated carbocycles. The summed E-state index contributed by atoms with van der Waals surface area (Å²) in [6.07, 6.45) is 1.77. The normalized spacial score (nSPS) is 17.0. The van der Waals surface area contributed by atoms with Gasteiger partial charge in [0.15, 0.2) is 0 Å². The molecule has 25 heavy (non-hydrogen) atoms. The number of hydrogen-bond donors (Lipinski definition) is 0. The highest BCUT2D eigenvalue weighted by Crippen LogP contribution is 2.34. The van der Waals surface area contributed by atoms with Gasteiger partial charge in [-0.3, -0.25) is 4.79 Å². The Morgan fingerprint density at radius 3 is 2.88 bits per heavy atom. The molecular formula is C18H17N3O3S. The number of thiophene rings is 1. The van der Waals surface area contributed by atoms with E-state index in [2.05, 4.69) is 10.1 Å². The molecule has 2 aromatic heterocycles. The zero-order chi connectivity index (χ0) is 17.2. The van der Waals surface area contributed by atoms with E-state index < -0.39 is 0 Å². The molecule has 7 heteroatoms. The van der Waals surface area contributed by atoms with Crippen LogP contribution in [-0.4, -0.2) is 34.6 Å². The molecule has 128 valence electrons. The minimum atomic E-state index is -0.158. The van der Waals surface area contributed by atoms with E-state index in [9.17, 15) is 4.79 Å². The molecule has 0 N–H and O–H groups in total. The standard InChI is InChI=1S/C18H17N3O3S/c1-23-13-8-6-12(7-9-13)16-19-17(24-20-16)14-4-2-10-21(14)18(22)15-5-3-11-25-15/h3,5-9,11,14H,2,4,10H2,1H3/t14-/m1/s1. The van der Waals surface area contributed by atoms with Crippen LogP contribution in [0, 0.1) is 0 Å². The average Bonchev–Trinajstić information content (AvgIpc) is 3.42. The first kappa shape index (κ1) is 15.8. The Morgan fingerprint density at radius 1 is 1.32 bits per heavy atom. The Hall–Kier alpha value is -2.67. The van der Waals surface area contributed by atoms with E-state index in [1.54, 1.807) is 7.11 Å². The summed E-state index contributed by atoms with van der Waals surface area (Å²) in [5.41, 5.74) is 0.852. The Morgan fingerprint density at radius 2 is 2.16 bits per heavy atom. The third kappa shape index (κ3) is 3.02. The predicted octanol–water partition coefficient (Wildman–Crippen LogP) is 3.78. The molecule has 1 amide bonds. The smallest absolute Gasteiger partial charge is 0.264 e. The first-order chi connectivity index (χ1) is 12.3. The number of likely N-dealkylation sites (tertiary alicyclic amines) is 1. The van der Waals surface area contributed by atoms with Crippen LogP contribution in [0.2, 0.25) is 0 Å². The highest BCUT2D eigenvalue weighted by molar-refractivity contribution is 7.12. The molecule has 6 nitrogen and oxygen atoms in total. The molecule has 1 atom stereocenters. The van der Waals surface area contributed by atoms with E-state index in [-0.39, 0.29) is 11.9 Å². The molecule has 0 radical (unpaired) electrons. The number of hydrogen-bond acceptors (Lipinski definition) is 6. The van der Waals surface area contributed by atoms with Gasteiger partial charge in [0.25, 0.3) is 5.91 Å². The Labute approximate surface area is 149 Å². The van der Waals surface area contributed by atoms with E-state index in [4.69, 9.17) is 9.26 Å². The molecule has 1 fully saturated rings. The monoisotopic (exact) mass is 355 g/mol. The second kappa shape index (κ2) is 6.68. The van der Waals surface area contributed by atoms with Gasteiger partial charge in [-0.15, -0.1) is 11.3 Å². The van der Waals surface area contributed by atoms with Gasteiger partial charge in [0.1, 0.15) is 11.8 Å². The number of nitrogens with zero attached hydrogens (tertiary/aromatic N) is 3. The van der Waals surface area contributed by atoms with Crippen LogP contribution >= 0.6 is 11.3 Å². The summed E-state index contributed by atoms with van der Waals surface area (Å²) in [4.78, 5) is 19.8. The van der Waals surface area contributed by atoms with Crippen LogP contribution in [0.4, 0.5) is 0 Å². The Kier molecular flexibility index (Phi) is 4.23. The SMILES string of the molecule is COc1ccc(-c2noc([C@H]3CCCN3C(=O)c3cccs3)n2)cc1. The number of ether oxygens (including phenoxy) is 1. The molecule has 0 spiro atoms. The fourth-order valence-corrected chi connectivity index (χ4v) is 3.72. The number of amides is 1. The third-order valence-electron chi connectivity index (χ3n) is 4.32. The molecular weight excluding hydrogens is 338 g/mol. The zero-order valence-electron chi connectivity index (χ0n) is 13.7. The van der Waals surface area contributed by atoms with Crippen LogP contribution in [-0.2, 0) is 0 Å². The van der Waals surface area contributed by atoms with Crippen LogP contribution in [0.5, 0.6) is 5.75 Å². The summed E-state index contributed by atoms with van der Waals surface area (Å²) in [5, 5.41) is 5.99. The molecule has 4 rings (SSSR count). The first-order valence-corrected chi connectivity index (χ1v) is 8.97. The number of benzene rings is 1. The number of carbonyl (C=O) groups excluding carboxylic acids is 1. The van der Waals surface area contributed by atoms with Gasteiger partial charge in [0.2, 0.25) is 11.7 Å². The van der Waals surface area contributed by atoms with Crippen molar-refractivity contribution in [2.75, 3.05) is 13.7 Å². The summed E-state index contributed by atoms with van der Waals surface area (Å²) >= 11 is 1.45. The fraction of sp³-hybridized carbons (Fsp3) is 0.278. The van der Waals surface area contributed by atoms with Crippen molar-refractivity contribution in [1.82, 2.24) is 15.0 Å². The summed E-state index contributed by atoms with van der Waals surface area (Å²) in [6.45, 7) is 0.710. The largest absolute Gasteiger partial charge is 0.497 e. The summed E-state index contributed by atoms with van der Waals surface area (Å²) in [6, 6.07) is 11.1. The minimum Gasteiger partial charge on any atom is -0.497 e. The van der Waals surface area contributed by atoms with Crippen LogP contribution < -0.4 is 4.74 Å². The van der Waals surface area contributed by atoms with Crippen LogP contribution in [0.15, 0.2) is 46.3 Å². The lowest BCUT2D eigenvalue weighted by Gasteiger charge is -2.20. The lowest BCUT2D eigenvalue weighted by atomic mass is 10.2. The number of rotatable bonds is 4. The second-order valence-electron chi connectivity index (χ2n) is 5.82. The fourth-order valence-electron chi connectivity index (χ4n) is 3.04. The highest BCUT2D eigenvalue weighted by atomic mass is 32.1. The van der Waals surface area contributed by atoms with Crippen molar-refractivity contribution >= 4 is 17.2 Å². The van der Waals surface area contributed by atoms with E-state index in [0.717, 1.165) is 29.0 Å². The van der Waals surface area contributed by atoms with Crippen LogP contribution in [0.3, 0.4) is 0 Å². The minimum absolute atomic E-state index is 0.0293. The molecule has 1 aromatic carbocycles. The molecule has 0 bridgehead atoms. The number of aromatic nitrogens is 2. The second-order valence-corrected chi connectivity index (χ2v) is 6.77. The lowest BCUT2D eigenvalue weighted by Crippen LogP contribution is -2.30. The average molecular weight is 355 g/mol. The van der Waals surface area contributed by atoms with Gasteiger partial charge >= 0.3 is 0 Å². The maximum Gasteiger partial charge on any atom is 0.264 e. The highest BCUT2D eigenvalue weighted by Gasteiger charge is 2.34. The Bertz CT molecular complexity index is 858. The van der Waals surface area contributed by atoms with E-state index >= 15 is 0 Å². The predicted molar refractivity (Wildman–Crippen MR) is 93.6 cm³/mol. The zero-order valence-corrected chi connectivity index (χ0v) is 14.5. The van der Waals surface area contributed by atoms with Gasteiger partial charge in [-0.1, -0.05) is 11.2 Å². The van der Waals surface area contributed by atoms with Gasteiger partial charge < -0.3 is 14.2 Å². The summed E-state index contributed by atoms with van der Waals surface area (Å²) < 4.78 is 10.6. The van der Waals surface area contributed by atoms with Crippen molar-refractivity contribution in [3.05, 3.63) is 52.5 Å². The molecule has 3 heterocycles. The van der Waals surface area contributed by atoms with Gasteiger partial charge in [-0.05, 0) is 48.6 Å². The summed E-state index contributed by atoms with van der Waals surface area (Å²) in [5.74, 6) is 1.82. The van der Waals surface area contributed by atoms with E-state index in [1.807, 2.05) is 46.7 Å². The third-order valence-corrected chi connectivity index (χ3v) is 5.18. The van der Waals surface area contributed by atoms with Crippen molar-refractivity contribution in [1.29, 1.82) is 0 Å². The molecule has 1 saturated heterocycles. The van der Waals surface area contributed by atoms with Crippen molar-refractivity contribution in [2.24, 2.45) is 0 Å². The van der Waals surface area contributed by atoms with E-state index in [0.29, 0.717) is 18.3 Å². The van der Waals surface area contributed by atoms with Crippen LogP contribution in [0.25, 0.3) is 11.4 Å². The lowest BCUT2D eigenvalue weighted by molar-refractivity contribution is 0.0715. The maximum atomic E-state index is 12.7. The first-order valence-electron chi connectivity index (χ1n) is 8.09. The number of methoxy groups -OCH3 is 1. The van der Waals surface area contributed by atoms with Crippen molar-refractivity contribution in [2.45, 2.75) is 18.9 Å². The molecule has 1 aliphatic heterocycles.